The molecule has 2 aromatic rings. The van der Waals surface area contributed by atoms with E-state index in [0.717, 1.165) is 50.0 Å². The van der Waals surface area contributed by atoms with Crippen LogP contribution in [0.15, 0.2) is 42.5 Å². The molecular formula is C18H20ClN3O2. The number of carbonyl (C=O) groups is 1. The van der Waals surface area contributed by atoms with Crippen LogP contribution in [0.25, 0.3) is 0 Å². The van der Waals surface area contributed by atoms with Crippen LogP contribution in [-0.2, 0) is 6.54 Å². The van der Waals surface area contributed by atoms with E-state index in [1.165, 1.54) is 11.6 Å². The molecule has 0 unspecified atom stereocenters. The fourth-order valence-electron chi connectivity index (χ4n) is 2.92. The van der Waals surface area contributed by atoms with Crippen molar-refractivity contribution in [3.8, 4) is 0 Å². The summed E-state index contributed by atoms with van der Waals surface area (Å²) < 4.78 is 0. The van der Waals surface area contributed by atoms with Gasteiger partial charge in [-0.25, -0.2) is 9.78 Å². The Morgan fingerprint density at radius 2 is 1.88 bits per heavy atom. The quantitative estimate of drug-likeness (QED) is 0.922. The summed E-state index contributed by atoms with van der Waals surface area (Å²) >= 11 is 5.93. The Bertz CT molecular complexity index is 706. The van der Waals surface area contributed by atoms with Gasteiger partial charge in [-0.1, -0.05) is 29.8 Å². The number of anilines is 1. The minimum absolute atomic E-state index is 0.0924. The number of carboxylic acid groups (broad SMARTS) is 1. The lowest BCUT2D eigenvalue weighted by atomic mass is 10.2. The van der Waals surface area contributed by atoms with Crippen LogP contribution in [0.3, 0.4) is 0 Å². The highest BCUT2D eigenvalue weighted by Gasteiger charge is 2.17. The minimum Gasteiger partial charge on any atom is -0.477 e. The average Bonchev–Trinajstić information content (AvgIpc) is 2.83. The highest BCUT2D eigenvalue weighted by molar-refractivity contribution is 6.30. The Kier molecular flexibility index (Phi) is 5.33. The first-order chi connectivity index (χ1) is 11.6. The summed E-state index contributed by atoms with van der Waals surface area (Å²) in [4.78, 5) is 19.9. The Morgan fingerprint density at radius 1 is 1.08 bits per heavy atom. The summed E-state index contributed by atoms with van der Waals surface area (Å²) in [5.41, 5.74) is 1.34. The van der Waals surface area contributed by atoms with Crippen LogP contribution in [0.1, 0.15) is 22.5 Å². The van der Waals surface area contributed by atoms with Crippen molar-refractivity contribution < 1.29 is 9.90 Å². The van der Waals surface area contributed by atoms with Gasteiger partial charge in [-0.05, 0) is 36.2 Å². The molecule has 0 aliphatic carbocycles. The first-order valence-electron chi connectivity index (χ1n) is 8.04. The van der Waals surface area contributed by atoms with Crippen molar-refractivity contribution in [2.24, 2.45) is 0 Å². The van der Waals surface area contributed by atoms with Crippen LogP contribution in [0.4, 0.5) is 5.82 Å². The second kappa shape index (κ2) is 7.64. The molecule has 0 amide bonds. The number of pyridine rings is 1. The minimum atomic E-state index is -0.990. The fourth-order valence-corrected chi connectivity index (χ4v) is 3.05. The van der Waals surface area contributed by atoms with E-state index in [-0.39, 0.29) is 5.69 Å². The van der Waals surface area contributed by atoms with Crippen molar-refractivity contribution in [2.45, 2.75) is 13.0 Å². The maximum atomic E-state index is 11.1. The summed E-state index contributed by atoms with van der Waals surface area (Å²) in [7, 11) is 0. The number of aromatic carboxylic acids is 1. The first-order valence-corrected chi connectivity index (χ1v) is 8.42. The Morgan fingerprint density at radius 3 is 2.62 bits per heavy atom. The maximum Gasteiger partial charge on any atom is 0.354 e. The van der Waals surface area contributed by atoms with Gasteiger partial charge >= 0.3 is 5.97 Å². The molecule has 0 saturated carbocycles. The number of rotatable bonds is 4. The van der Waals surface area contributed by atoms with Gasteiger partial charge in [0, 0.05) is 37.7 Å². The molecule has 5 nitrogen and oxygen atoms in total. The second-order valence-corrected chi connectivity index (χ2v) is 6.37. The largest absolute Gasteiger partial charge is 0.477 e. The molecular weight excluding hydrogens is 326 g/mol. The van der Waals surface area contributed by atoms with Gasteiger partial charge in [-0.15, -0.1) is 0 Å². The highest BCUT2D eigenvalue weighted by atomic mass is 35.5. The van der Waals surface area contributed by atoms with Crippen LogP contribution in [-0.4, -0.2) is 47.1 Å². The lowest BCUT2D eigenvalue weighted by molar-refractivity contribution is 0.0690. The summed E-state index contributed by atoms with van der Waals surface area (Å²) in [5, 5.41) is 9.85. The number of benzene rings is 1. The smallest absolute Gasteiger partial charge is 0.354 e. The summed E-state index contributed by atoms with van der Waals surface area (Å²) in [6, 6.07) is 13.1. The number of halogens is 1. The summed E-state index contributed by atoms with van der Waals surface area (Å²) in [6.45, 7) is 4.55. The molecule has 1 aromatic heterocycles. The molecule has 0 spiro atoms. The van der Waals surface area contributed by atoms with E-state index in [4.69, 9.17) is 16.7 Å². The van der Waals surface area contributed by atoms with E-state index in [1.807, 2.05) is 18.2 Å². The van der Waals surface area contributed by atoms with Gasteiger partial charge < -0.3 is 10.0 Å². The molecule has 0 bridgehead atoms. The normalized spacial score (nSPS) is 16.0. The fraction of sp³-hybridized carbons (Fsp3) is 0.333. The average molecular weight is 346 g/mol. The van der Waals surface area contributed by atoms with Gasteiger partial charge in [0.25, 0.3) is 0 Å². The van der Waals surface area contributed by atoms with E-state index in [0.29, 0.717) is 0 Å². The van der Waals surface area contributed by atoms with Gasteiger partial charge in [0.1, 0.15) is 5.82 Å². The van der Waals surface area contributed by atoms with Gasteiger partial charge in [0.05, 0.1) is 0 Å². The molecule has 6 heteroatoms. The van der Waals surface area contributed by atoms with Crippen molar-refractivity contribution in [1.29, 1.82) is 0 Å². The lowest BCUT2D eigenvalue weighted by Crippen LogP contribution is -2.31. The van der Waals surface area contributed by atoms with Crippen molar-refractivity contribution in [2.75, 3.05) is 31.1 Å². The molecule has 0 radical (unpaired) electrons. The predicted molar refractivity (Wildman–Crippen MR) is 94.8 cm³/mol. The molecule has 1 aliphatic rings. The van der Waals surface area contributed by atoms with Gasteiger partial charge in [-0.3, -0.25) is 4.90 Å². The lowest BCUT2D eigenvalue weighted by Gasteiger charge is -2.23. The zero-order chi connectivity index (χ0) is 16.9. The molecule has 1 fully saturated rings. The maximum absolute atomic E-state index is 11.1. The highest BCUT2D eigenvalue weighted by Crippen LogP contribution is 2.17. The number of carboxylic acids is 1. The van der Waals surface area contributed by atoms with Gasteiger partial charge in [0.15, 0.2) is 5.69 Å². The monoisotopic (exact) mass is 345 g/mol. The Labute approximate surface area is 146 Å². The SMILES string of the molecule is O=C(O)c1cccc(N2CCCN(Cc3ccc(Cl)cc3)CC2)n1. The van der Waals surface area contributed by atoms with E-state index in [2.05, 4.69) is 26.9 Å². The summed E-state index contributed by atoms with van der Waals surface area (Å²) in [5.74, 6) is -0.251. The van der Waals surface area contributed by atoms with Crippen LogP contribution >= 0.6 is 11.6 Å². The van der Waals surface area contributed by atoms with E-state index >= 15 is 0 Å². The topological polar surface area (TPSA) is 56.7 Å². The number of aromatic nitrogens is 1. The van der Waals surface area contributed by atoms with E-state index in [9.17, 15) is 4.79 Å². The Hall–Kier alpha value is -2.11. The molecule has 1 saturated heterocycles. The molecule has 3 rings (SSSR count). The van der Waals surface area contributed by atoms with E-state index in [1.54, 1.807) is 6.07 Å². The molecule has 24 heavy (non-hydrogen) atoms. The van der Waals surface area contributed by atoms with Crippen LogP contribution in [0, 0.1) is 0 Å². The second-order valence-electron chi connectivity index (χ2n) is 5.93. The predicted octanol–water partition coefficient (Wildman–Crippen LogP) is 3.15. The van der Waals surface area contributed by atoms with Crippen molar-refractivity contribution in [3.63, 3.8) is 0 Å². The zero-order valence-electron chi connectivity index (χ0n) is 13.4. The molecule has 1 aromatic carbocycles. The molecule has 126 valence electrons. The zero-order valence-corrected chi connectivity index (χ0v) is 14.1. The van der Waals surface area contributed by atoms with Gasteiger partial charge in [0.2, 0.25) is 0 Å². The van der Waals surface area contributed by atoms with Gasteiger partial charge in [-0.2, -0.15) is 0 Å². The first kappa shape index (κ1) is 16.7. The molecule has 1 N–H and O–H groups in total. The van der Waals surface area contributed by atoms with Crippen LogP contribution in [0.5, 0.6) is 0 Å². The third-order valence-electron chi connectivity index (χ3n) is 4.19. The third-order valence-corrected chi connectivity index (χ3v) is 4.44. The summed E-state index contributed by atoms with van der Waals surface area (Å²) in [6.07, 6.45) is 1.02. The molecule has 0 atom stereocenters. The van der Waals surface area contributed by atoms with E-state index < -0.39 is 5.97 Å². The van der Waals surface area contributed by atoms with Crippen molar-refractivity contribution in [1.82, 2.24) is 9.88 Å². The van der Waals surface area contributed by atoms with Crippen molar-refractivity contribution in [3.05, 3.63) is 58.7 Å². The number of hydrogen-bond acceptors (Lipinski definition) is 4. The number of nitrogens with zero attached hydrogens (tertiary/aromatic N) is 3. The van der Waals surface area contributed by atoms with Crippen LogP contribution in [0.2, 0.25) is 5.02 Å². The number of hydrogen-bond donors (Lipinski definition) is 1. The molecule has 2 heterocycles. The molecule has 1 aliphatic heterocycles. The van der Waals surface area contributed by atoms with Crippen LogP contribution < -0.4 is 4.90 Å². The van der Waals surface area contributed by atoms with Crippen molar-refractivity contribution >= 4 is 23.4 Å². The Balaban J connectivity index is 1.63. The standard InChI is InChI=1S/C18H20ClN3O2/c19-15-7-5-14(6-8-15)13-21-9-2-10-22(12-11-21)17-4-1-3-16(20-17)18(23)24/h1,3-8H,2,9-13H2,(H,23,24). The third kappa shape index (κ3) is 4.24.